The highest BCUT2D eigenvalue weighted by molar-refractivity contribution is 7.91. The topological polar surface area (TPSA) is 86.3 Å². The second kappa shape index (κ2) is 9.74. The zero-order chi connectivity index (χ0) is 25.7. The van der Waals surface area contributed by atoms with E-state index in [2.05, 4.69) is 4.98 Å². The van der Waals surface area contributed by atoms with Crippen molar-refractivity contribution in [1.82, 2.24) is 9.97 Å². The lowest BCUT2D eigenvalue weighted by atomic mass is 9.95. The second-order valence-electron chi connectivity index (χ2n) is 9.74. The number of nitrogens with one attached hydrogen (secondary N) is 1. The maximum Gasteiger partial charge on any atom is 0.251 e. The zero-order valence-corrected chi connectivity index (χ0v) is 21.8. The standard InChI is InChI=1S/C25H27Cl2F2N3O3S/c26-19-13-20-22(21(27)23(19)32-10-8-25(28,29)9-11-32)31-24(30-20)18(7-12-33)16-3-5-17(6-4-16)36(34,35)14-15-1-2-15/h3-6,13,15,18,33H,1-2,7-12,14H2,(H,30,31)/t18-/m0/s1. The summed E-state index contributed by atoms with van der Waals surface area (Å²) in [5.41, 5.74) is 2.35. The van der Waals surface area contributed by atoms with Gasteiger partial charge in [0, 0.05) is 38.5 Å². The number of nitrogens with zero attached hydrogens (tertiary/aromatic N) is 2. The van der Waals surface area contributed by atoms with Gasteiger partial charge in [-0.05, 0) is 48.9 Å². The van der Waals surface area contributed by atoms with Crippen LogP contribution >= 0.6 is 23.2 Å². The van der Waals surface area contributed by atoms with Crippen molar-refractivity contribution in [2.45, 2.75) is 48.8 Å². The number of benzene rings is 2. The number of alkyl halides is 2. The third-order valence-corrected chi connectivity index (χ3v) is 9.56. The smallest absolute Gasteiger partial charge is 0.251 e. The van der Waals surface area contributed by atoms with E-state index in [0.29, 0.717) is 34.0 Å². The van der Waals surface area contributed by atoms with Crippen molar-refractivity contribution in [2.75, 3.05) is 30.3 Å². The predicted octanol–water partition coefficient (Wildman–Crippen LogP) is 5.80. The van der Waals surface area contributed by atoms with Gasteiger partial charge in [0.15, 0.2) is 9.84 Å². The maximum atomic E-state index is 13.7. The molecule has 5 rings (SSSR count). The summed E-state index contributed by atoms with van der Waals surface area (Å²) >= 11 is 13.2. The van der Waals surface area contributed by atoms with Crippen molar-refractivity contribution < 1.29 is 22.3 Å². The summed E-state index contributed by atoms with van der Waals surface area (Å²) in [6.45, 7) is 0.169. The van der Waals surface area contributed by atoms with Crippen LogP contribution in [0.3, 0.4) is 0 Å². The Morgan fingerprint density at radius 1 is 1.17 bits per heavy atom. The van der Waals surface area contributed by atoms with Gasteiger partial charge in [0.05, 0.1) is 31.9 Å². The first-order valence-corrected chi connectivity index (χ1v) is 14.4. The maximum absolute atomic E-state index is 13.7. The molecule has 11 heteroatoms. The van der Waals surface area contributed by atoms with Crippen LogP contribution in [-0.2, 0) is 9.84 Å². The Hall–Kier alpha value is -1.94. The number of fused-ring (bicyclic) bond motifs is 1. The van der Waals surface area contributed by atoms with E-state index >= 15 is 0 Å². The predicted molar refractivity (Wildman–Crippen MR) is 137 cm³/mol. The van der Waals surface area contributed by atoms with E-state index in [4.69, 9.17) is 28.2 Å². The molecular weight excluding hydrogens is 531 g/mol. The molecule has 36 heavy (non-hydrogen) atoms. The van der Waals surface area contributed by atoms with E-state index in [0.717, 1.165) is 18.4 Å². The lowest BCUT2D eigenvalue weighted by Gasteiger charge is -2.34. The number of piperidine rings is 1. The minimum atomic E-state index is -3.33. The molecule has 1 aromatic heterocycles. The lowest BCUT2D eigenvalue weighted by molar-refractivity contribution is -0.0220. The van der Waals surface area contributed by atoms with Crippen molar-refractivity contribution in [3.8, 4) is 0 Å². The molecule has 0 spiro atoms. The van der Waals surface area contributed by atoms with E-state index in [1.165, 1.54) is 0 Å². The summed E-state index contributed by atoms with van der Waals surface area (Å²) < 4.78 is 52.5. The van der Waals surface area contributed by atoms with Crippen molar-refractivity contribution in [3.05, 3.63) is 51.8 Å². The van der Waals surface area contributed by atoms with Gasteiger partial charge in [-0.3, -0.25) is 0 Å². The van der Waals surface area contributed by atoms with Crippen LogP contribution in [0, 0.1) is 5.92 Å². The first-order valence-electron chi connectivity index (χ1n) is 12.0. The van der Waals surface area contributed by atoms with Crippen molar-refractivity contribution in [1.29, 1.82) is 0 Å². The Bertz CT molecular complexity index is 1370. The van der Waals surface area contributed by atoms with E-state index in [-0.39, 0.29) is 60.0 Å². The summed E-state index contributed by atoms with van der Waals surface area (Å²) in [4.78, 5) is 9.99. The number of rotatable bonds is 8. The van der Waals surface area contributed by atoms with Crippen LogP contribution in [-0.4, -0.2) is 54.9 Å². The second-order valence-corrected chi connectivity index (χ2v) is 12.6. The van der Waals surface area contributed by atoms with Gasteiger partial charge in [0.1, 0.15) is 11.3 Å². The molecule has 1 aliphatic heterocycles. The van der Waals surface area contributed by atoms with Gasteiger partial charge in [-0.2, -0.15) is 0 Å². The molecule has 0 amide bonds. The molecule has 0 bridgehead atoms. The van der Waals surface area contributed by atoms with Gasteiger partial charge in [-0.1, -0.05) is 35.3 Å². The summed E-state index contributed by atoms with van der Waals surface area (Å²) in [6.07, 6.45) is 1.73. The van der Waals surface area contributed by atoms with E-state index < -0.39 is 15.8 Å². The minimum absolute atomic E-state index is 0.106. The number of H-pyrrole nitrogens is 1. The quantitative estimate of drug-likeness (QED) is 0.365. The monoisotopic (exact) mass is 557 g/mol. The molecule has 1 aliphatic carbocycles. The number of aliphatic hydroxyl groups excluding tert-OH is 1. The number of imidazole rings is 1. The molecule has 3 aromatic rings. The van der Waals surface area contributed by atoms with Gasteiger partial charge < -0.3 is 15.0 Å². The molecule has 1 atom stereocenters. The number of aromatic nitrogens is 2. The van der Waals surface area contributed by atoms with Crippen LogP contribution in [0.2, 0.25) is 10.0 Å². The summed E-state index contributed by atoms with van der Waals surface area (Å²) in [6, 6.07) is 8.40. The molecule has 194 valence electrons. The molecular formula is C25H27Cl2F2N3O3S. The van der Waals surface area contributed by atoms with E-state index in [1.54, 1.807) is 35.2 Å². The first kappa shape index (κ1) is 25.7. The number of sulfone groups is 1. The summed E-state index contributed by atoms with van der Waals surface area (Å²) in [5, 5.41) is 10.4. The number of aliphatic hydroxyl groups is 1. The van der Waals surface area contributed by atoms with E-state index in [9.17, 15) is 22.3 Å². The molecule has 2 heterocycles. The first-order chi connectivity index (χ1) is 17.1. The Labute approximate surface area is 218 Å². The Balaban J connectivity index is 1.46. The fraction of sp³-hybridized carbons (Fsp3) is 0.480. The van der Waals surface area contributed by atoms with Crippen molar-refractivity contribution >= 4 is 49.8 Å². The van der Waals surface area contributed by atoms with Gasteiger partial charge in [0.2, 0.25) is 0 Å². The third-order valence-electron chi connectivity index (χ3n) is 7.02. The van der Waals surface area contributed by atoms with Gasteiger partial charge >= 0.3 is 0 Å². The van der Waals surface area contributed by atoms with Crippen LogP contribution in [0.4, 0.5) is 14.5 Å². The van der Waals surface area contributed by atoms with E-state index in [1.807, 2.05) is 0 Å². The normalized spacial score (nSPS) is 19.1. The Morgan fingerprint density at radius 3 is 2.44 bits per heavy atom. The fourth-order valence-electron chi connectivity index (χ4n) is 4.79. The van der Waals surface area contributed by atoms with Crippen LogP contribution < -0.4 is 4.90 Å². The number of aromatic amines is 1. The summed E-state index contributed by atoms with van der Waals surface area (Å²) in [5.74, 6) is -2.05. The number of halogens is 4. The zero-order valence-electron chi connectivity index (χ0n) is 19.5. The largest absolute Gasteiger partial charge is 0.396 e. The van der Waals surface area contributed by atoms with Crippen molar-refractivity contribution in [2.24, 2.45) is 5.92 Å². The number of anilines is 1. The van der Waals surface area contributed by atoms with Gasteiger partial charge in [-0.25, -0.2) is 22.2 Å². The van der Waals surface area contributed by atoms with Crippen LogP contribution in [0.1, 0.15) is 49.4 Å². The SMILES string of the molecule is O=S(=O)(CC1CC1)c1ccc([C@H](CCO)c2nc3c(Cl)c(N4CCC(F)(F)CC4)c(Cl)cc3[nH]2)cc1. The fourth-order valence-corrected chi connectivity index (χ4v) is 7.22. The molecule has 1 saturated heterocycles. The average molecular weight is 558 g/mol. The number of hydrogen-bond acceptors (Lipinski definition) is 5. The molecule has 0 radical (unpaired) electrons. The van der Waals surface area contributed by atoms with Crippen LogP contribution in [0.5, 0.6) is 0 Å². The van der Waals surface area contributed by atoms with Crippen LogP contribution in [0.25, 0.3) is 11.0 Å². The Kier molecular flexibility index (Phi) is 6.95. The molecule has 2 aromatic carbocycles. The highest BCUT2D eigenvalue weighted by Gasteiger charge is 2.36. The highest BCUT2D eigenvalue weighted by atomic mass is 35.5. The highest BCUT2D eigenvalue weighted by Crippen LogP contribution is 2.42. The lowest BCUT2D eigenvalue weighted by Crippen LogP contribution is -2.39. The molecule has 2 N–H and O–H groups in total. The average Bonchev–Trinajstić information content (AvgIpc) is 3.53. The number of hydrogen-bond donors (Lipinski definition) is 2. The molecule has 1 saturated carbocycles. The van der Waals surface area contributed by atoms with Gasteiger partial charge in [-0.15, -0.1) is 0 Å². The minimum Gasteiger partial charge on any atom is -0.396 e. The van der Waals surface area contributed by atoms with Crippen LogP contribution in [0.15, 0.2) is 35.2 Å². The third kappa shape index (κ3) is 5.21. The van der Waals surface area contributed by atoms with Crippen molar-refractivity contribution in [3.63, 3.8) is 0 Å². The molecule has 0 unspecified atom stereocenters. The summed E-state index contributed by atoms with van der Waals surface area (Å²) in [7, 11) is -3.33. The molecule has 2 fully saturated rings. The molecule has 6 nitrogen and oxygen atoms in total. The molecule has 2 aliphatic rings. The van der Waals surface area contributed by atoms with Gasteiger partial charge in [0.25, 0.3) is 5.92 Å². The Morgan fingerprint density at radius 2 is 1.83 bits per heavy atom.